The van der Waals surface area contributed by atoms with Gasteiger partial charge in [-0.1, -0.05) is 28.9 Å². The number of ether oxygens (including phenoxy) is 1. The predicted molar refractivity (Wildman–Crippen MR) is 87.2 cm³/mol. The number of hydrogen-bond donors (Lipinski definition) is 1. The van der Waals surface area contributed by atoms with Crippen molar-refractivity contribution in [3.05, 3.63) is 50.8 Å². The lowest BCUT2D eigenvalue weighted by atomic mass is 10.0. The molecule has 3 nitrogen and oxygen atoms in total. The molecule has 0 aliphatic carbocycles. The number of halogens is 2. The fourth-order valence-corrected chi connectivity index (χ4v) is 2.91. The molecule has 0 saturated carbocycles. The van der Waals surface area contributed by atoms with Gasteiger partial charge in [0.1, 0.15) is 11.5 Å². The molecule has 0 amide bonds. The average Bonchev–Trinajstić information content (AvgIpc) is 2.87. The van der Waals surface area contributed by atoms with E-state index in [1.54, 1.807) is 7.11 Å². The van der Waals surface area contributed by atoms with Crippen LogP contribution in [0.1, 0.15) is 30.7 Å². The highest BCUT2D eigenvalue weighted by Gasteiger charge is 2.19. The highest BCUT2D eigenvalue weighted by Crippen LogP contribution is 2.33. The van der Waals surface area contributed by atoms with Crippen LogP contribution in [-0.2, 0) is 0 Å². The van der Waals surface area contributed by atoms with Crippen LogP contribution in [0.2, 0.25) is 0 Å². The van der Waals surface area contributed by atoms with Gasteiger partial charge in [-0.05, 0) is 58.7 Å². The molecule has 5 heteroatoms. The molecule has 108 valence electrons. The van der Waals surface area contributed by atoms with Crippen molar-refractivity contribution in [2.45, 2.75) is 19.4 Å². The zero-order valence-electron chi connectivity index (χ0n) is 11.5. The summed E-state index contributed by atoms with van der Waals surface area (Å²) in [6, 6.07) is 9.88. The Balaban J connectivity index is 2.35. The van der Waals surface area contributed by atoms with E-state index in [4.69, 9.17) is 9.15 Å². The van der Waals surface area contributed by atoms with E-state index in [1.165, 1.54) is 0 Å². The van der Waals surface area contributed by atoms with Gasteiger partial charge in [0.15, 0.2) is 4.67 Å². The van der Waals surface area contributed by atoms with Crippen molar-refractivity contribution in [3.8, 4) is 5.75 Å². The molecule has 0 bridgehead atoms. The molecule has 1 heterocycles. The van der Waals surface area contributed by atoms with E-state index >= 15 is 0 Å². The first-order valence-electron chi connectivity index (χ1n) is 6.47. The molecule has 0 aliphatic rings. The van der Waals surface area contributed by atoms with Crippen LogP contribution in [0.15, 0.2) is 43.9 Å². The van der Waals surface area contributed by atoms with Gasteiger partial charge < -0.3 is 14.5 Å². The summed E-state index contributed by atoms with van der Waals surface area (Å²) in [5, 5.41) is 3.51. The molecular weight excluding hydrogens is 386 g/mol. The lowest BCUT2D eigenvalue weighted by Gasteiger charge is -2.18. The topological polar surface area (TPSA) is 34.4 Å². The Hall–Kier alpha value is -0.780. The van der Waals surface area contributed by atoms with Gasteiger partial charge in [0.05, 0.1) is 13.2 Å². The lowest BCUT2D eigenvalue weighted by Crippen LogP contribution is -2.23. The second kappa shape index (κ2) is 7.29. The van der Waals surface area contributed by atoms with Crippen LogP contribution in [0.5, 0.6) is 5.75 Å². The summed E-state index contributed by atoms with van der Waals surface area (Å²) in [5.41, 5.74) is 1.13. The first-order chi connectivity index (χ1) is 9.65. The third-order valence-corrected chi connectivity index (χ3v) is 4.11. The maximum absolute atomic E-state index is 5.71. The molecule has 0 radical (unpaired) electrons. The van der Waals surface area contributed by atoms with Crippen LogP contribution in [0.25, 0.3) is 0 Å². The number of rotatable bonds is 6. The number of methoxy groups -OCH3 is 1. The van der Waals surface area contributed by atoms with E-state index in [1.807, 2.05) is 30.3 Å². The fraction of sp³-hybridized carbons (Fsp3) is 0.333. The molecule has 1 N–H and O–H groups in total. The lowest BCUT2D eigenvalue weighted by molar-refractivity contribution is 0.412. The second-order valence-electron chi connectivity index (χ2n) is 4.42. The Morgan fingerprint density at radius 3 is 2.60 bits per heavy atom. The van der Waals surface area contributed by atoms with Crippen molar-refractivity contribution >= 4 is 31.9 Å². The summed E-state index contributed by atoms with van der Waals surface area (Å²) < 4.78 is 12.7. The molecule has 2 rings (SSSR count). The molecule has 0 fully saturated rings. The Labute approximate surface area is 136 Å². The van der Waals surface area contributed by atoms with Crippen LogP contribution in [0.4, 0.5) is 0 Å². The Morgan fingerprint density at radius 1 is 1.25 bits per heavy atom. The molecule has 0 aliphatic heterocycles. The maximum Gasteiger partial charge on any atom is 0.169 e. The van der Waals surface area contributed by atoms with E-state index in [2.05, 4.69) is 44.1 Å². The molecule has 1 atom stereocenters. The van der Waals surface area contributed by atoms with Crippen LogP contribution in [-0.4, -0.2) is 13.7 Å². The largest absolute Gasteiger partial charge is 0.497 e. The van der Waals surface area contributed by atoms with Crippen molar-refractivity contribution in [2.75, 3.05) is 13.7 Å². The summed E-state index contributed by atoms with van der Waals surface area (Å²) in [5.74, 6) is 1.71. The number of furan rings is 1. The molecule has 0 spiro atoms. The molecule has 20 heavy (non-hydrogen) atoms. The molecule has 1 aromatic heterocycles. The third-order valence-electron chi connectivity index (χ3n) is 3.00. The van der Waals surface area contributed by atoms with Crippen LogP contribution in [0, 0.1) is 0 Å². The monoisotopic (exact) mass is 401 g/mol. The van der Waals surface area contributed by atoms with Gasteiger partial charge >= 0.3 is 0 Å². The van der Waals surface area contributed by atoms with E-state index in [0.29, 0.717) is 0 Å². The van der Waals surface area contributed by atoms with Crippen LogP contribution >= 0.6 is 31.9 Å². The normalized spacial score (nSPS) is 12.4. The number of benzene rings is 1. The SMILES string of the molecule is CCCNC(c1ccc(Br)o1)c1ccc(OC)cc1Br. The van der Waals surface area contributed by atoms with Gasteiger partial charge in [0.25, 0.3) is 0 Å². The maximum atomic E-state index is 5.71. The summed E-state index contributed by atoms with van der Waals surface area (Å²) in [6.45, 7) is 3.06. The minimum absolute atomic E-state index is 0.0153. The summed E-state index contributed by atoms with van der Waals surface area (Å²) >= 11 is 6.97. The van der Waals surface area contributed by atoms with Crippen molar-refractivity contribution in [2.24, 2.45) is 0 Å². The minimum atomic E-state index is 0.0153. The molecule has 1 unspecified atom stereocenters. The van der Waals surface area contributed by atoms with E-state index < -0.39 is 0 Å². The third kappa shape index (κ3) is 3.65. The van der Waals surface area contributed by atoms with E-state index in [-0.39, 0.29) is 6.04 Å². The smallest absolute Gasteiger partial charge is 0.169 e. The minimum Gasteiger partial charge on any atom is -0.497 e. The standard InChI is InChI=1S/C15H17Br2NO2/c1-3-8-18-15(13-6-7-14(17)20-13)11-5-4-10(19-2)9-12(11)16/h4-7,9,15,18H,3,8H2,1-2H3. The molecule has 2 aromatic rings. The van der Waals surface area contributed by atoms with Crippen LogP contribution < -0.4 is 10.1 Å². The van der Waals surface area contributed by atoms with Gasteiger partial charge in [0, 0.05) is 4.47 Å². The molecule has 1 aromatic carbocycles. The summed E-state index contributed by atoms with van der Waals surface area (Å²) in [6.07, 6.45) is 1.06. The van der Waals surface area contributed by atoms with E-state index in [9.17, 15) is 0 Å². The van der Waals surface area contributed by atoms with Crippen molar-refractivity contribution in [1.29, 1.82) is 0 Å². The number of hydrogen-bond acceptors (Lipinski definition) is 3. The highest BCUT2D eigenvalue weighted by atomic mass is 79.9. The van der Waals surface area contributed by atoms with Gasteiger partial charge in [-0.2, -0.15) is 0 Å². The van der Waals surface area contributed by atoms with Crippen LogP contribution in [0.3, 0.4) is 0 Å². The molecular formula is C15H17Br2NO2. The second-order valence-corrected chi connectivity index (χ2v) is 6.05. The first-order valence-corrected chi connectivity index (χ1v) is 8.06. The quantitative estimate of drug-likeness (QED) is 0.745. The Morgan fingerprint density at radius 2 is 2.05 bits per heavy atom. The highest BCUT2D eigenvalue weighted by molar-refractivity contribution is 9.10. The van der Waals surface area contributed by atoms with Gasteiger partial charge in [-0.3, -0.25) is 0 Å². The first kappa shape index (κ1) is 15.6. The van der Waals surface area contributed by atoms with Crippen molar-refractivity contribution < 1.29 is 9.15 Å². The number of nitrogens with one attached hydrogen (secondary N) is 1. The zero-order valence-corrected chi connectivity index (χ0v) is 14.6. The zero-order chi connectivity index (χ0) is 14.5. The van der Waals surface area contributed by atoms with Crippen molar-refractivity contribution in [1.82, 2.24) is 5.32 Å². The summed E-state index contributed by atoms with van der Waals surface area (Å²) in [4.78, 5) is 0. The van der Waals surface area contributed by atoms with Gasteiger partial charge in [0.2, 0.25) is 0 Å². The Bertz CT molecular complexity index is 569. The van der Waals surface area contributed by atoms with Gasteiger partial charge in [-0.15, -0.1) is 0 Å². The van der Waals surface area contributed by atoms with Gasteiger partial charge in [-0.25, -0.2) is 0 Å². The predicted octanol–water partition coefficient (Wildman–Crippen LogP) is 4.90. The molecule has 0 saturated heterocycles. The summed E-state index contributed by atoms with van der Waals surface area (Å²) in [7, 11) is 1.66. The average molecular weight is 403 g/mol. The van der Waals surface area contributed by atoms with E-state index in [0.717, 1.165) is 39.2 Å². The Kier molecular flexibility index (Phi) is 5.69. The van der Waals surface area contributed by atoms with Crippen molar-refractivity contribution in [3.63, 3.8) is 0 Å². The fourth-order valence-electron chi connectivity index (χ4n) is 2.00.